The Hall–Kier alpha value is -2.01. The number of rotatable bonds is 9. The van der Waals surface area contributed by atoms with Crippen LogP contribution in [-0.4, -0.2) is 61.3 Å². The number of ether oxygens (including phenoxy) is 1. The molecule has 0 amide bonds. The number of aromatic nitrogens is 3. The average molecular weight is 510 g/mol. The lowest BCUT2D eigenvalue weighted by Gasteiger charge is -2.44. The minimum atomic E-state index is -4.57. The van der Waals surface area contributed by atoms with E-state index in [4.69, 9.17) is 4.74 Å². The molecule has 2 aromatic rings. The summed E-state index contributed by atoms with van der Waals surface area (Å²) in [6, 6.07) is 3.30. The van der Waals surface area contributed by atoms with E-state index in [1.807, 2.05) is 6.92 Å². The minimum Gasteiger partial charge on any atom is -0.394 e. The van der Waals surface area contributed by atoms with Crippen molar-refractivity contribution in [3.05, 3.63) is 35.5 Å². The highest BCUT2D eigenvalue weighted by Crippen LogP contribution is 2.44. The number of alkyl halides is 3. The predicted octanol–water partition coefficient (Wildman–Crippen LogP) is 3.77. The van der Waals surface area contributed by atoms with E-state index in [0.717, 1.165) is 31.6 Å². The fourth-order valence-electron chi connectivity index (χ4n) is 5.52. The normalized spacial score (nSPS) is 29.9. The van der Waals surface area contributed by atoms with Gasteiger partial charge in [-0.1, -0.05) is 43.5 Å². The molecule has 3 N–H and O–H groups in total. The predicted molar refractivity (Wildman–Crippen MR) is 125 cm³/mol. The van der Waals surface area contributed by atoms with Gasteiger partial charge in [-0.3, -0.25) is 0 Å². The molecule has 1 aliphatic heterocycles. The standard InChI is InChI=1S/C26H34F3N3O4/c1-14(17-8-9-17)25-24(35)22(23(34)21(13-33)36-25)32-12-20(30-31-32)18-10-7-16(4-2-3-15-5-6-15)11-19(18)26(27,28)29/h7,10-12,14-15,17,21-25,33-35H,2-6,8-9,13H2,1H3/t14?,21?,22?,23-,24?,25-/m0/s1. The van der Waals surface area contributed by atoms with Gasteiger partial charge in [0.25, 0.3) is 0 Å². The Morgan fingerprint density at radius 1 is 1.14 bits per heavy atom. The summed E-state index contributed by atoms with van der Waals surface area (Å²) in [4.78, 5) is 0. The average Bonchev–Trinajstić information content (AvgIpc) is 3.77. The SMILES string of the molecule is CC(C1CC1)[C@@H]1OC(CO)[C@H](O)C(n2cc(-c3ccc(CCCC4CC4)cc3C(F)(F)F)nn2)C1O. The molecule has 6 atom stereocenters. The van der Waals surface area contributed by atoms with Gasteiger partial charge in [0.1, 0.15) is 30.0 Å². The smallest absolute Gasteiger partial charge is 0.394 e. The molecule has 1 aromatic heterocycles. The second kappa shape index (κ2) is 10.0. The third-order valence-electron chi connectivity index (χ3n) is 8.07. The molecule has 2 saturated carbocycles. The lowest BCUT2D eigenvalue weighted by atomic mass is 9.85. The van der Waals surface area contributed by atoms with Crippen LogP contribution in [0.25, 0.3) is 11.3 Å². The molecule has 2 heterocycles. The van der Waals surface area contributed by atoms with E-state index in [1.165, 1.54) is 35.9 Å². The van der Waals surface area contributed by atoms with E-state index in [1.54, 1.807) is 6.07 Å². The van der Waals surface area contributed by atoms with Crippen LogP contribution in [0, 0.1) is 17.8 Å². The minimum absolute atomic E-state index is 0.00340. The Balaban J connectivity index is 1.41. The molecular formula is C26H34F3N3O4. The lowest BCUT2D eigenvalue weighted by Crippen LogP contribution is -2.57. The van der Waals surface area contributed by atoms with Crippen LogP contribution in [0.5, 0.6) is 0 Å². The second-order valence-electron chi connectivity index (χ2n) is 10.8. The number of hydrogen-bond donors (Lipinski definition) is 3. The lowest BCUT2D eigenvalue weighted by molar-refractivity contribution is -0.219. The van der Waals surface area contributed by atoms with E-state index in [-0.39, 0.29) is 17.2 Å². The number of aryl methyl sites for hydroxylation is 1. The summed E-state index contributed by atoms with van der Waals surface area (Å²) in [6.07, 6.45) is -0.317. The highest BCUT2D eigenvalue weighted by atomic mass is 19.4. The summed E-state index contributed by atoms with van der Waals surface area (Å²) in [5.41, 5.74) is -0.237. The summed E-state index contributed by atoms with van der Waals surface area (Å²) >= 11 is 0. The van der Waals surface area contributed by atoms with Crippen molar-refractivity contribution >= 4 is 0 Å². The van der Waals surface area contributed by atoms with Crippen molar-refractivity contribution in [2.75, 3.05) is 6.61 Å². The molecule has 3 aliphatic rings. The fraction of sp³-hybridized carbons (Fsp3) is 0.692. The van der Waals surface area contributed by atoms with Gasteiger partial charge in [0.05, 0.1) is 24.5 Å². The van der Waals surface area contributed by atoms with E-state index in [0.29, 0.717) is 17.9 Å². The van der Waals surface area contributed by atoms with Crippen LogP contribution in [-0.2, 0) is 17.3 Å². The molecule has 5 rings (SSSR count). The molecule has 4 unspecified atom stereocenters. The number of hydrogen-bond acceptors (Lipinski definition) is 6. The summed E-state index contributed by atoms with van der Waals surface area (Å²) in [5.74, 6) is 1.12. The molecular weight excluding hydrogens is 475 g/mol. The number of halogens is 3. The zero-order valence-electron chi connectivity index (χ0n) is 20.3. The van der Waals surface area contributed by atoms with Gasteiger partial charge in [0.15, 0.2) is 0 Å². The number of nitrogens with zero attached hydrogens (tertiary/aromatic N) is 3. The molecule has 7 nitrogen and oxygen atoms in total. The third-order valence-corrected chi connectivity index (χ3v) is 8.07. The van der Waals surface area contributed by atoms with Crippen molar-refractivity contribution < 1.29 is 33.2 Å². The van der Waals surface area contributed by atoms with Gasteiger partial charge in [0.2, 0.25) is 0 Å². The number of benzene rings is 1. The van der Waals surface area contributed by atoms with Crippen LogP contribution in [0.2, 0.25) is 0 Å². The molecule has 1 aromatic carbocycles. The molecule has 36 heavy (non-hydrogen) atoms. The fourth-order valence-corrected chi connectivity index (χ4v) is 5.52. The maximum Gasteiger partial charge on any atom is 0.417 e. The van der Waals surface area contributed by atoms with E-state index >= 15 is 0 Å². The van der Waals surface area contributed by atoms with Gasteiger partial charge < -0.3 is 20.1 Å². The largest absolute Gasteiger partial charge is 0.417 e. The Kier molecular flexibility index (Phi) is 7.15. The third kappa shape index (κ3) is 5.32. The van der Waals surface area contributed by atoms with Crippen LogP contribution in [0.1, 0.15) is 62.6 Å². The maximum atomic E-state index is 14.0. The first-order chi connectivity index (χ1) is 17.2. The van der Waals surface area contributed by atoms with Crippen LogP contribution >= 0.6 is 0 Å². The van der Waals surface area contributed by atoms with Gasteiger partial charge in [0, 0.05) is 5.56 Å². The highest BCUT2D eigenvalue weighted by Gasteiger charge is 2.50. The first-order valence-corrected chi connectivity index (χ1v) is 12.9. The van der Waals surface area contributed by atoms with Crippen molar-refractivity contribution in [1.29, 1.82) is 0 Å². The van der Waals surface area contributed by atoms with Crippen molar-refractivity contribution in [3.8, 4) is 11.3 Å². The zero-order valence-corrected chi connectivity index (χ0v) is 20.3. The Morgan fingerprint density at radius 3 is 2.53 bits per heavy atom. The van der Waals surface area contributed by atoms with Crippen molar-refractivity contribution in [2.45, 2.75) is 88.5 Å². The molecule has 3 fully saturated rings. The van der Waals surface area contributed by atoms with Crippen LogP contribution < -0.4 is 0 Å². The van der Waals surface area contributed by atoms with Gasteiger partial charge in [-0.15, -0.1) is 5.10 Å². The Morgan fingerprint density at radius 2 is 1.89 bits per heavy atom. The van der Waals surface area contributed by atoms with Crippen LogP contribution in [0.15, 0.2) is 24.4 Å². The topological polar surface area (TPSA) is 101 Å². The summed E-state index contributed by atoms with van der Waals surface area (Å²) in [6.45, 7) is 1.50. The van der Waals surface area contributed by atoms with E-state index in [9.17, 15) is 28.5 Å². The summed E-state index contributed by atoms with van der Waals surface area (Å²) < 4.78 is 49.0. The van der Waals surface area contributed by atoms with Crippen LogP contribution in [0.4, 0.5) is 13.2 Å². The van der Waals surface area contributed by atoms with Gasteiger partial charge in [-0.25, -0.2) is 4.68 Å². The summed E-state index contributed by atoms with van der Waals surface area (Å²) in [5, 5.41) is 39.7. The summed E-state index contributed by atoms with van der Waals surface area (Å²) in [7, 11) is 0. The zero-order chi connectivity index (χ0) is 25.6. The Labute approximate surface area is 208 Å². The van der Waals surface area contributed by atoms with E-state index in [2.05, 4.69) is 10.3 Å². The van der Waals surface area contributed by atoms with Crippen LogP contribution in [0.3, 0.4) is 0 Å². The van der Waals surface area contributed by atoms with Gasteiger partial charge in [-0.2, -0.15) is 13.2 Å². The molecule has 0 bridgehead atoms. The second-order valence-corrected chi connectivity index (χ2v) is 10.8. The molecule has 1 saturated heterocycles. The first kappa shape index (κ1) is 25.6. The monoisotopic (exact) mass is 509 g/mol. The molecule has 2 aliphatic carbocycles. The van der Waals surface area contributed by atoms with Crippen molar-refractivity contribution in [2.24, 2.45) is 17.8 Å². The van der Waals surface area contributed by atoms with Gasteiger partial charge in [-0.05, 0) is 55.1 Å². The molecule has 0 radical (unpaired) electrons. The van der Waals surface area contributed by atoms with E-state index < -0.39 is 48.8 Å². The quantitative estimate of drug-likeness (QED) is 0.476. The molecule has 198 valence electrons. The number of aliphatic hydroxyl groups excluding tert-OH is 3. The van der Waals surface area contributed by atoms with Crippen molar-refractivity contribution in [3.63, 3.8) is 0 Å². The first-order valence-electron chi connectivity index (χ1n) is 12.9. The Bertz CT molecular complexity index is 1050. The number of aliphatic hydroxyl groups is 3. The van der Waals surface area contributed by atoms with Gasteiger partial charge >= 0.3 is 6.18 Å². The molecule has 0 spiro atoms. The highest BCUT2D eigenvalue weighted by molar-refractivity contribution is 5.64. The van der Waals surface area contributed by atoms with Crippen molar-refractivity contribution in [1.82, 2.24) is 15.0 Å². The molecule has 10 heteroatoms. The maximum absolute atomic E-state index is 14.0.